The second-order valence-electron chi connectivity index (χ2n) is 5.53. The van der Waals surface area contributed by atoms with Gasteiger partial charge in [0.25, 0.3) is 0 Å². The molecule has 0 N–H and O–H groups in total. The molecule has 1 aliphatic rings. The largest absolute Gasteiger partial charge is 0.305 e. The molecule has 1 aliphatic heterocycles. The molecule has 4 nitrogen and oxygen atoms in total. The number of rotatable bonds is 3. The van der Waals surface area contributed by atoms with Crippen LogP contribution in [-0.4, -0.2) is 50.8 Å². The molecule has 0 amide bonds. The van der Waals surface area contributed by atoms with Gasteiger partial charge in [-0.1, -0.05) is 22.0 Å². The van der Waals surface area contributed by atoms with Gasteiger partial charge in [0.1, 0.15) is 0 Å². The van der Waals surface area contributed by atoms with E-state index in [2.05, 4.69) is 20.8 Å². The van der Waals surface area contributed by atoms with Crippen LogP contribution in [0.25, 0.3) is 0 Å². The first-order chi connectivity index (χ1) is 9.32. The molecular formula is C14H21BrN2O2S. The lowest BCUT2D eigenvalue weighted by molar-refractivity contribution is 0.190. The molecule has 1 heterocycles. The minimum Gasteiger partial charge on any atom is -0.305 e. The Bertz CT molecular complexity index is 587. The molecular weight excluding hydrogens is 340 g/mol. The molecule has 20 heavy (non-hydrogen) atoms. The van der Waals surface area contributed by atoms with Gasteiger partial charge in [0, 0.05) is 23.6 Å². The van der Waals surface area contributed by atoms with E-state index >= 15 is 0 Å². The zero-order valence-electron chi connectivity index (χ0n) is 12.1. The van der Waals surface area contributed by atoms with E-state index in [0.29, 0.717) is 24.0 Å². The van der Waals surface area contributed by atoms with Gasteiger partial charge in [0.2, 0.25) is 10.0 Å². The van der Waals surface area contributed by atoms with Crippen LogP contribution in [0, 0.1) is 6.92 Å². The first kappa shape index (κ1) is 15.9. The Morgan fingerprint density at radius 2 is 2.05 bits per heavy atom. The average molecular weight is 361 g/mol. The summed E-state index contributed by atoms with van der Waals surface area (Å²) < 4.78 is 28.0. The predicted molar refractivity (Wildman–Crippen MR) is 84.3 cm³/mol. The van der Waals surface area contributed by atoms with Gasteiger partial charge in [0.15, 0.2) is 0 Å². The Balaban J connectivity index is 2.32. The molecule has 6 heteroatoms. The highest BCUT2D eigenvalue weighted by atomic mass is 79.9. The Morgan fingerprint density at radius 3 is 2.70 bits per heavy atom. The van der Waals surface area contributed by atoms with Crippen molar-refractivity contribution in [3.8, 4) is 0 Å². The Hall–Kier alpha value is -0.430. The zero-order chi connectivity index (χ0) is 14.9. The monoisotopic (exact) mass is 360 g/mol. The van der Waals surface area contributed by atoms with Gasteiger partial charge in [-0.15, -0.1) is 0 Å². The van der Waals surface area contributed by atoms with Crippen molar-refractivity contribution in [3.05, 3.63) is 28.2 Å². The smallest absolute Gasteiger partial charge is 0.243 e. The van der Waals surface area contributed by atoms with Crippen LogP contribution in [0.4, 0.5) is 0 Å². The molecule has 1 atom stereocenters. The Morgan fingerprint density at radius 1 is 1.35 bits per heavy atom. The van der Waals surface area contributed by atoms with Gasteiger partial charge in [-0.25, -0.2) is 8.42 Å². The van der Waals surface area contributed by atoms with Crippen LogP contribution in [-0.2, 0) is 10.0 Å². The summed E-state index contributed by atoms with van der Waals surface area (Å²) in [6.45, 7) is 3.02. The molecule has 0 spiro atoms. The number of sulfonamides is 1. The summed E-state index contributed by atoms with van der Waals surface area (Å²) in [7, 11) is 0.605. The molecule has 1 fully saturated rings. The lowest BCUT2D eigenvalue weighted by atomic mass is 10.1. The highest BCUT2D eigenvalue weighted by Gasteiger charge is 2.31. The standard InChI is InChI=1S/C14H21BrN2O2S/c1-11-6-7-12(15)9-14(11)20(18,19)17-8-4-5-13(10-17)16(2)3/h6-7,9,13H,4-5,8,10H2,1-3H3. The molecule has 2 rings (SSSR count). The minimum atomic E-state index is -3.40. The number of hydrogen-bond acceptors (Lipinski definition) is 3. The lowest BCUT2D eigenvalue weighted by Gasteiger charge is -2.35. The third-order valence-corrected chi connectivity index (χ3v) is 6.36. The second kappa shape index (κ2) is 6.13. The van der Waals surface area contributed by atoms with Gasteiger partial charge in [-0.2, -0.15) is 4.31 Å². The normalized spacial score (nSPS) is 21.4. The Labute approximate surface area is 129 Å². The van der Waals surface area contributed by atoms with Crippen molar-refractivity contribution in [3.63, 3.8) is 0 Å². The number of hydrogen-bond donors (Lipinski definition) is 0. The molecule has 1 aromatic carbocycles. The van der Waals surface area contributed by atoms with Crippen molar-refractivity contribution in [1.82, 2.24) is 9.21 Å². The molecule has 1 aromatic rings. The molecule has 0 bridgehead atoms. The van der Waals surface area contributed by atoms with Crippen molar-refractivity contribution in [2.45, 2.75) is 30.7 Å². The van der Waals surface area contributed by atoms with E-state index in [4.69, 9.17) is 0 Å². The summed E-state index contributed by atoms with van der Waals surface area (Å²) in [6.07, 6.45) is 1.96. The lowest BCUT2D eigenvalue weighted by Crippen LogP contribution is -2.47. The summed E-state index contributed by atoms with van der Waals surface area (Å²) >= 11 is 3.36. The number of nitrogens with zero attached hydrogens (tertiary/aromatic N) is 2. The van der Waals surface area contributed by atoms with E-state index < -0.39 is 10.0 Å². The molecule has 0 saturated carbocycles. The predicted octanol–water partition coefficient (Wildman–Crippen LogP) is 2.47. The van der Waals surface area contributed by atoms with Crippen molar-refractivity contribution in [2.24, 2.45) is 0 Å². The fraction of sp³-hybridized carbons (Fsp3) is 0.571. The highest BCUT2D eigenvalue weighted by molar-refractivity contribution is 9.10. The average Bonchev–Trinajstić information content (AvgIpc) is 2.41. The maximum absolute atomic E-state index is 12.8. The molecule has 0 aromatic heterocycles. The van der Waals surface area contributed by atoms with Crippen LogP contribution in [0.1, 0.15) is 18.4 Å². The molecule has 1 saturated heterocycles. The molecule has 112 valence electrons. The molecule has 1 unspecified atom stereocenters. The fourth-order valence-electron chi connectivity index (χ4n) is 2.55. The van der Waals surface area contributed by atoms with E-state index in [1.807, 2.05) is 33.2 Å². The topological polar surface area (TPSA) is 40.6 Å². The van der Waals surface area contributed by atoms with Crippen molar-refractivity contribution in [1.29, 1.82) is 0 Å². The first-order valence-electron chi connectivity index (χ1n) is 6.75. The van der Waals surface area contributed by atoms with Gasteiger partial charge in [-0.3, -0.25) is 0 Å². The number of aryl methyl sites for hydroxylation is 1. The first-order valence-corrected chi connectivity index (χ1v) is 8.98. The SMILES string of the molecule is Cc1ccc(Br)cc1S(=O)(=O)N1CCCC(N(C)C)C1. The second-order valence-corrected chi connectivity index (χ2v) is 8.35. The van der Waals surface area contributed by atoms with E-state index in [1.165, 1.54) is 0 Å². The summed E-state index contributed by atoms with van der Waals surface area (Å²) in [5.74, 6) is 0. The molecule has 0 aliphatic carbocycles. The number of piperidine rings is 1. The van der Waals surface area contributed by atoms with E-state index in [0.717, 1.165) is 22.9 Å². The van der Waals surface area contributed by atoms with Crippen LogP contribution >= 0.6 is 15.9 Å². The third-order valence-electron chi connectivity index (χ3n) is 3.86. The van der Waals surface area contributed by atoms with Crippen LogP contribution in [0.2, 0.25) is 0 Å². The zero-order valence-corrected chi connectivity index (χ0v) is 14.5. The van der Waals surface area contributed by atoms with E-state index in [-0.39, 0.29) is 0 Å². The number of halogens is 1. The van der Waals surface area contributed by atoms with E-state index in [1.54, 1.807) is 10.4 Å². The Kier molecular flexibility index (Phi) is 4.89. The van der Waals surface area contributed by atoms with Crippen LogP contribution in [0.15, 0.2) is 27.6 Å². The highest BCUT2D eigenvalue weighted by Crippen LogP contribution is 2.26. The summed E-state index contributed by atoms with van der Waals surface area (Å²) in [5, 5.41) is 0. The van der Waals surface area contributed by atoms with Gasteiger partial charge < -0.3 is 4.90 Å². The van der Waals surface area contributed by atoms with Crippen molar-refractivity contribution < 1.29 is 8.42 Å². The van der Waals surface area contributed by atoms with Crippen LogP contribution < -0.4 is 0 Å². The van der Waals surface area contributed by atoms with Crippen molar-refractivity contribution in [2.75, 3.05) is 27.2 Å². The van der Waals surface area contributed by atoms with Crippen LogP contribution in [0.5, 0.6) is 0 Å². The van der Waals surface area contributed by atoms with Gasteiger partial charge in [0.05, 0.1) is 4.90 Å². The maximum Gasteiger partial charge on any atom is 0.243 e. The van der Waals surface area contributed by atoms with E-state index in [9.17, 15) is 8.42 Å². The maximum atomic E-state index is 12.8. The minimum absolute atomic E-state index is 0.297. The summed E-state index contributed by atoms with van der Waals surface area (Å²) in [5.41, 5.74) is 0.792. The fourth-order valence-corrected chi connectivity index (χ4v) is 4.83. The van der Waals surface area contributed by atoms with Crippen LogP contribution in [0.3, 0.4) is 0 Å². The van der Waals surface area contributed by atoms with Gasteiger partial charge >= 0.3 is 0 Å². The van der Waals surface area contributed by atoms with Crippen molar-refractivity contribution >= 4 is 26.0 Å². The number of likely N-dealkylation sites (N-methyl/N-ethyl adjacent to an activating group) is 1. The summed E-state index contributed by atoms with van der Waals surface area (Å²) in [6, 6.07) is 5.70. The number of benzene rings is 1. The molecule has 0 radical (unpaired) electrons. The summed E-state index contributed by atoms with van der Waals surface area (Å²) in [4.78, 5) is 2.52. The van der Waals surface area contributed by atoms with Gasteiger partial charge in [-0.05, 0) is 51.6 Å². The third kappa shape index (κ3) is 3.24. The quantitative estimate of drug-likeness (QED) is 0.831.